The summed E-state index contributed by atoms with van der Waals surface area (Å²) in [5, 5.41) is 0. The summed E-state index contributed by atoms with van der Waals surface area (Å²) in [6, 6.07) is 5.91. The Morgan fingerprint density at radius 2 is 2.05 bits per heavy atom. The Balaban J connectivity index is 2.56. The molecule has 1 aliphatic rings. The summed E-state index contributed by atoms with van der Waals surface area (Å²) in [7, 11) is 0. The Hall–Kier alpha value is -1.64. The summed E-state index contributed by atoms with van der Waals surface area (Å²) in [6.07, 6.45) is 2.78. The van der Waals surface area contributed by atoms with E-state index in [1.165, 1.54) is 0 Å². The van der Waals surface area contributed by atoms with Gasteiger partial charge in [0.05, 0.1) is 6.61 Å². The zero-order chi connectivity index (χ0) is 14.8. The van der Waals surface area contributed by atoms with Gasteiger partial charge in [-0.1, -0.05) is 30.2 Å². The topological polar surface area (TPSA) is 43.4 Å². The smallest absolute Gasteiger partial charge is 0.324 e. The molecule has 1 fully saturated rings. The van der Waals surface area contributed by atoms with Gasteiger partial charge < -0.3 is 4.74 Å². The molecule has 2 rings (SSSR count). The van der Waals surface area contributed by atoms with Crippen molar-refractivity contribution >= 4 is 11.8 Å². The molecule has 0 spiro atoms. The number of carbonyl (C=O) groups excluding carboxylic acids is 2. The van der Waals surface area contributed by atoms with Gasteiger partial charge in [0.25, 0.3) is 0 Å². The molecule has 0 aromatic heterocycles. The minimum absolute atomic E-state index is 0.00848. The van der Waals surface area contributed by atoms with Crippen LogP contribution in [-0.2, 0) is 19.7 Å². The van der Waals surface area contributed by atoms with Crippen LogP contribution in [0.2, 0.25) is 0 Å². The molecule has 1 aliphatic carbocycles. The highest BCUT2D eigenvalue weighted by Crippen LogP contribution is 2.39. The van der Waals surface area contributed by atoms with Crippen LogP contribution >= 0.6 is 0 Å². The summed E-state index contributed by atoms with van der Waals surface area (Å²) in [6.45, 7) is 6.06. The summed E-state index contributed by atoms with van der Waals surface area (Å²) < 4.78 is 5.24. The fourth-order valence-corrected chi connectivity index (χ4v) is 3.19. The lowest BCUT2D eigenvalue weighted by Gasteiger charge is -2.35. The van der Waals surface area contributed by atoms with Gasteiger partial charge in [0.2, 0.25) is 0 Å². The first kappa shape index (κ1) is 14.8. The number of esters is 1. The number of rotatable bonds is 3. The maximum Gasteiger partial charge on any atom is 0.324 e. The minimum Gasteiger partial charge on any atom is -0.465 e. The standard InChI is InChI=1S/C17H22O3/c1-4-20-16(19)17(10-6-5-7-15(17)18)14-9-8-12(2)11-13(14)3/h8-9,11H,4-7,10H2,1-3H3. The van der Waals surface area contributed by atoms with Crippen molar-refractivity contribution in [2.45, 2.75) is 51.9 Å². The molecule has 3 nitrogen and oxygen atoms in total. The van der Waals surface area contributed by atoms with Crippen molar-refractivity contribution in [3.05, 3.63) is 34.9 Å². The van der Waals surface area contributed by atoms with Crippen LogP contribution < -0.4 is 0 Å². The third-order valence-electron chi connectivity index (χ3n) is 4.15. The van der Waals surface area contributed by atoms with Crippen molar-refractivity contribution in [2.75, 3.05) is 6.61 Å². The number of Topliss-reactive ketones (excluding diaryl/α,β-unsaturated/α-hetero) is 1. The number of ketones is 1. The van der Waals surface area contributed by atoms with E-state index in [1.54, 1.807) is 6.92 Å². The van der Waals surface area contributed by atoms with Crippen molar-refractivity contribution in [2.24, 2.45) is 0 Å². The van der Waals surface area contributed by atoms with E-state index in [1.807, 2.05) is 32.0 Å². The van der Waals surface area contributed by atoms with E-state index in [9.17, 15) is 9.59 Å². The number of carbonyl (C=O) groups is 2. The molecule has 1 saturated carbocycles. The lowest BCUT2D eigenvalue weighted by atomic mass is 9.67. The average molecular weight is 274 g/mol. The largest absolute Gasteiger partial charge is 0.465 e. The molecule has 0 bridgehead atoms. The molecule has 1 atom stereocenters. The maximum atomic E-state index is 12.6. The Labute approximate surface area is 120 Å². The minimum atomic E-state index is -1.08. The van der Waals surface area contributed by atoms with Crippen molar-refractivity contribution in [1.82, 2.24) is 0 Å². The second-order valence-electron chi connectivity index (χ2n) is 5.57. The first-order valence-electron chi connectivity index (χ1n) is 7.30. The maximum absolute atomic E-state index is 12.6. The summed E-state index contributed by atoms with van der Waals surface area (Å²) in [5.74, 6) is -0.370. The first-order chi connectivity index (χ1) is 9.52. The van der Waals surface area contributed by atoms with Crippen LogP contribution in [0.25, 0.3) is 0 Å². The number of aryl methyl sites for hydroxylation is 2. The average Bonchev–Trinajstić information content (AvgIpc) is 2.40. The SMILES string of the molecule is CCOC(=O)C1(c2ccc(C)cc2C)CCCCC1=O. The Morgan fingerprint density at radius 1 is 1.30 bits per heavy atom. The van der Waals surface area contributed by atoms with Gasteiger partial charge in [-0.15, -0.1) is 0 Å². The van der Waals surface area contributed by atoms with E-state index in [2.05, 4.69) is 0 Å². The molecule has 1 aromatic carbocycles. The van der Waals surface area contributed by atoms with Crippen molar-refractivity contribution in [3.8, 4) is 0 Å². The normalized spacial score (nSPS) is 22.6. The van der Waals surface area contributed by atoms with E-state index in [-0.39, 0.29) is 11.8 Å². The Kier molecular flexibility index (Phi) is 4.26. The predicted octanol–water partition coefficient (Wildman–Crippen LogP) is 3.25. The van der Waals surface area contributed by atoms with Crippen LogP contribution in [0.3, 0.4) is 0 Å². The molecule has 0 saturated heterocycles. The number of ether oxygens (including phenoxy) is 1. The second kappa shape index (κ2) is 5.78. The number of hydrogen-bond acceptors (Lipinski definition) is 3. The summed E-state index contributed by atoms with van der Waals surface area (Å²) in [5.41, 5.74) is 1.87. The van der Waals surface area contributed by atoms with Crippen molar-refractivity contribution in [3.63, 3.8) is 0 Å². The molecule has 0 aliphatic heterocycles. The van der Waals surface area contributed by atoms with E-state index >= 15 is 0 Å². The van der Waals surface area contributed by atoms with Gasteiger partial charge in [-0.25, -0.2) is 0 Å². The monoisotopic (exact) mass is 274 g/mol. The van der Waals surface area contributed by atoms with Crippen LogP contribution in [0, 0.1) is 13.8 Å². The van der Waals surface area contributed by atoms with Gasteiger partial charge in [0.15, 0.2) is 11.2 Å². The van der Waals surface area contributed by atoms with Gasteiger partial charge in [-0.05, 0) is 44.7 Å². The molecule has 20 heavy (non-hydrogen) atoms. The third kappa shape index (κ3) is 2.37. The summed E-state index contributed by atoms with van der Waals surface area (Å²) >= 11 is 0. The van der Waals surface area contributed by atoms with Crippen molar-refractivity contribution < 1.29 is 14.3 Å². The van der Waals surface area contributed by atoms with Gasteiger partial charge >= 0.3 is 5.97 Å². The lowest BCUT2D eigenvalue weighted by molar-refractivity contribution is -0.155. The van der Waals surface area contributed by atoms with Crippen LogP contribution in [0.15, 0.2) is 18.2 Å². The highest BCUT2D eigenvalue weighted by Gasteiger charge is 2.50. The third-order valence-corrected chi connectivity index (χ3v) is 4.15. The zero-order valence-corrected chi connectivity index (χ0v) is 12.5. The van der Waals surface area contributed by atoms with Gasteiger partial charge in [-0.2, -0.15) is 0 Å². The summed E-state index contributed by atoms with van der Waals surface area (Å²) in [4.78, 5) is 25.1. The quantitative estimate of drug-likeness (QED) is 0.627. The molecule has 0 radical (unpaired) electrons. The van der Waals surface area contributed by atoms with E-state index in [0.29, 0.717) is 19.4 Å². The zero-order valence-electron chi connectivity index (χ0n) is 12.5. The molecule has 0 amide bonds. The Bertz CT molecular complexity index is 533. The molecular weight excluding hydrogens is 252 g/mol. The molecule has 108 valence electrons. The van der Waals surface area contributed by atoms with Crippen LogP contribution in [-0.4, -0.2) is 18.4 Å². The van der Waals surface area contributed by atoms with Crippen LogP contribution in [0.5, 0.6) is 0 Å². The number of hydrogen-bond donors (Lipinski definition) is 0. The molecule has 3 heteroatoms. The van der Waals surface area contributed by atoms with E-state index in [4.69, 9.17) is 4.74 Å². The fraction of sp³-hybridized carbons (Fsp3) is 0.529. The van der Waals surface area contributed by atoms with Crippen LogP contribution in [0.4, 0.5) is 0 Å². The van der Waals surface area contributed by atoms with Gasteiger partial charge in [0.1, 0.15) is 0 Å². The highest BCUT2D eigenvalue weighted by atomic mass is 16.5. The lowest BCUT2D eigenvalue weighted by Crippen LogP contribution is -2.47. The molecule has 1 unspecified atom stereocenters. The van der Waals surface area contributed by atoms with Gasteiger partial charge in [-0.3, -0.25) is 9.59 Å². The van der Waals surface area contributed by atoms with E-state index < -0.39 is 5.41 Å². The van der Waals surface area contributed by atoms with Crippen molar-refractivity contribution in [1.29, 1.82) is 0 Å². The van der Waals surface area contributed by atoms with E-state index in [0.717, 1.165) is 29.5 Å². The fourth-order valence-electron chi connectivity index (χ4n) is 3.19. The molecular formula is C17H22O3. The predicted molar refractivity (Wildman–Crippen MR) is 77.7 cm³/mol. The van der Waals surface area contributed by atoms with Gasteiger partial charge in [0, 0.05) is 6.42 Å². The number of benzene rings is 1. The second-order valence-corrected chi connectivity index (χ2v) is 5.57. The molecule has 0 heterocycles. The molecule has 0 N–H and O–H groups in total. The van der Waals surface area contributed by atoms with Crippen LogP contribution in [0.1, 0.15) is 49.3 Å². The highest BCUT2D eigenvalue weighted by molar-refractivity contribution is 6.10. The molecule has 1 aromatic rings. The first-order valence-corrected chi connectivity index (χ1v) is 7.30. The Morgan fingerprint density at radius 3 is 2.65 bits per heavy atom.